The van der Waals surface area contributed by atoms with Crippen LogP contribution in [-0.4, -0.2) is 85.0 Å². The molecule has 1 amide bonds. The van der Waals surface area contributed by atoms with Gasteiger partial charge in [0.1, 0.15) is 18.1 Å². The van der Waals surface area contributed by atoms with Crippen molar-refractivity contribution in [1.29, 1.82) is 0 Å². The summed E-state index contributed by atoms with van der Waals surface area (Å²) in [5, 5.41) is 11.7. The molecule has 1 fully saturated rings. The van der Waals surface area contributed by atoms with Gasteiger partial charge in [-0.2, -0.15) is 21.5 Å². The lowest BCUT2D eigenvalue weighted by Crippen LogP contribution is -2.51. The molecule has 0 spiro atoms. The zero-order chi connectivity index (χ0) is 28.2. The first-order valence-electron chi connectivity index (χ1n) is 12.9. The van der Waals surface area contributed by atoms with Crippen molar-refractivity contribution >= 4 is 40.8 Å². The van der Waals surface area contributed by atoms with Gasteiger partial charge < -0.3 is 19.1 Å². The molecule has 1 saturated heterocycles. The topological polar surface area (TPSA) is 83.6 Å². The summed E-state index contributed by atoms with van der Waals surface area (Å²) in [6.07, 6.45) is 3.40. The quantitative estimate of drug-likeness (QED) is 0.330. The number of likely N-dealkylation sites (tertiary alicyclic amines) is 1. The van der Waals surface area contributed by atoms with E-state index in [2.05, 4.69) is 5.10 Å². The molecule has 0 aliphatic carbocycles. The number of methoxy groups -OCH3 is 1. The number of ether oxygens (including phenoxy) is 3. The maximum Gasteiger partial charge on any atom is 0.275 e. The number of carbonyl (C=O) groups excluding carboxylic acids is 1. The number of hydrogen-bond donors (Lipinski definition) is 0. The number of thiophene rings is 1. The Morgan fingerprint density at radius 1 is 1.23 bits per heavy atom. The van der Waals surface area contributed by atoms with E-state index >= 15 is 0 Å². The second-order valence-electron chi connectivity index (χ2n) is 10.5. The Kier molecular flexibility index (Phi) is 6.62. The molecule has 5 heterocycles. The molecule has 3 aromatic heterocycles. The van der Waals surface area contributed by atoms with Gasteiger partial charge in [0.05, 0.1) is 59.9 Å². The van der Waals surface area contributed by atoms with Crippen LogP contribution in [0.15, 0.2) is 41.2 Å². The number of carbonyl (C=O) groups is 1. The van der Waals surface area contributed by atoms with Crippen LogP contribution in [0.4, 0.5) is 0 Å². The molecule has 4 aromatic rings. The molecule has 0 N–H and O–H groups in total. The number of aromatic nitrogens is 4. The first kappa shape index (κ1) is 26.8. The number of nitrogens with zero attached hydrogens (tertiary/aromatic N) is 5. The van der Waals surface area contributed by atoms with Gasteiger partial charge in [0.25, 0.3) is 5.91 Å². The van der Waals surface area contributed by atoms with Crippen molar-refractivity contribution in [3.63, 3.8) is 0 Å². The van der Waals surface area contributed by atoms with E-state index < -0.39 is 10.8 Å². The van der Waals surface area contributed by atoms with Gasteiger partial charge >= 0.3 is 0 Å². The Bertz CT molecular complexity index is 1580. The minimum atomic E-state index is -1.79. The van der Waals surface area contributed by atoms with Crippen LogP contribution in [-0.2, 0) is 18.4 Å². The lowest BCUT2D eigenvalue weighted by atomic mass is 9.52. The van der Waals surface area contributed by atoms with E-state index in [0.717, 1.165) is 41.0 Å². The van der Waals surface area contributed by atoms with Gasteiger partial charge in [-0.15, -0.1) is 0 Å². The number of hydrogen-bond acceptors (Lipinski definition) is 7. The van der Waals surface area contributed by atoms with Gasteiger partial charge in [-0.05, 0) is 48.6 Å². The van der Waals surface area contributed by atoms with E-state index in [1.807, 2.05) is 59.9 Å². The molecule has 0 saturated carbocycles. The number of benzene rings is 1. The van der Waals surface area contributed by atoms with Crippen LogP contribution in [0.5, 0.6) is 11.5 Å². The molecule has 2 aliphatic heterocycles. The summed E-state index contributed by atoms with van der Waals surface area (Å²) >= 11 is 1.55. The predicted octanol–water partition coefficient (Wildman–Crippen LogP) is 3.03. The van der Waals surface area contributed by atoms with Crippen LogP contribution < -0.4 is 9.47 Å². The van der Waals surface area contributed by atoms with Crippen LogP contribution in [0, 0.1) is 0 Å². The zero-order valence-corrected chi connectivity index (χ0v) is 23.4. The SMILES string of the molecule is [B]C([B])([B])OCC1(C)CCCN1C(=O)c1nn(-c2ccsc2)c2c1COc1cc(OC)c(-c3ccn(C)n3)cc1-2. The Morgan fingerprint density at radius 3 is 2.73 bits per heavy atom. The van der Waals surface area contributed by atoms with Crippen molar-refractivity contribution in [2.45, 2.75) is 37.2 Å². The van der Waals surface area contributed by atoms with Crippen molar-refractivity contribution in [2.24, 2.45) is 7.05 Å². The van der Waals surface area contributed by atoms with Crippen LogP contribution in [0.25, 0.3) is 28.2 Å². The average molecular weight is 549 g/mol. The minimum Gasteiger partial charge on any atom is -0.496 e. The van der Waals surface area contributed by atoms with E-state index in [1.54, 1.807) is 28.0 Å². The third-order valence-electron chi connectivity index (χ3n) is 7.48. The molecule has 1 aromatic carbocycles. The molecular formula is C27H26B3N5O4S. The standard InChI is InChI=1S/C27H26B3N5O4S/c1-26(15-39-27(28,29)30)7-4-8-34(26)25(36)23-19-13-38-22-12-21(37-3)17(20-5-9-33(2)31-20)11-18(22)24(19)35(32-23)16-6-10-40-14-16/h5-6,9-12,14H,4,7-8,13,15H2,1-3H3. The highest BCUT2D eigenvalue weighted by Gasteiger charge is 2.43. The Hall–Kier alpha value is -3.44. The fourth-order valence-corrected chi connectivity index (χ4v) is 6.09. The second-order valence-corrected chi connectivity index (χ2v) is 11.3. The highest BCUT2D eigenvalue weighted by molar-refractivity contribution is 7.08. The molecule has 1 atom stereocenters. The molecule has 198 valence electrons. The van der Waals surface area contributed by atoms with Gasteiger partial charge in [-0.25, -0.2) is 4.68 Å². The van der Waals surface area contributed by atoms with Crippen molar-refractivity contribution in [2.75, 3.05) is 20.3 Å². The lowest BCUT2D eigenvalue weighted by Gasteiger charge is -2.37. The van der Waals surface area contributed by atoms with Crippen molar-refractivity contribution in [3.05, 3.63) is 52.5 Å². The summed E-state index contributed by atoms with van der Waals surface area (Å²) in [5.74, 6) is 1.07. The van der Waals surface area contributed by atoms with Gasteiger partial charge in [-0.3, -0.25) is 9.48 Å². The van der Waals surface area contributed by atoms with Crippen molar-refractivity contribution in [1.82, 2.24) is 24.5 Å². The number of amides is 1. The third kappa shape index (κ3) is 4.64. The zero-order valence-electron chi connectivity index (χ0n) is 22.6. The van der Waals surface area contributed by atoms with Gasteiger partial charge in [0.15, 0.2) is 5.69 Å². The van der Waals surface area contributed by atoms with Crippen LogP contribution in [0.3, 0.4) is 0 Å². The van der Waals surface area contributed by atoms with E-state index in [1.165, 1.54) is 0 Å². The van der Waals surface area contributed by atoms with Gasteiger partial charge in [0.2, 0.25) is 0 Å². The maximum absolute atomic E-state index is 14.2. The van der Waals surface area contributed by atoms with Crippen LogP contribution in [0.2, 0.25) is 0 Å². The van der Waals surface area contributed by atoms with Gasteiger partial charge in [0, 0.05) is 47.9 Å². The smallest absolute Gasteiger partial charge is 0.275 e. The predicted molar refractivity (Wildman–Crippen MR) is 155 cm³/mol. The van der Waals surface area contributed by atoms with Crippen LogP contribution >= 0.6 is 11.3 Å². The van der Waals surface area contributed by atoms with E-state index in [9.17, 15) is 4.79 Å². The molecule has 9 nitrogen and oxygen atoms in total. The summed E-state index contributed by atoms with van der Waals surface area (Å²) in [6, 6.07) is 7.75. The Balaban J connectivity index is 1.48. The number of fused-ring (bicyclic) bond motifs is 3. The summed E-state index contributed by atoms with van der Waals surface area (Å²) in [4.78, 5) is 15.9. The van der Waals surface area contributed by atoms with Gasteiger partial charge in [-0.1, -0.05) is 0 Å². The maximum atomic E-state index is 14.2. The monoisotopic (exact) mass is 549 g/mol. The average Bonchev–Trinajstić information content (AvgIpc) is 3.72. The molecule has 6 rings (SSSR count). The summed E-state index contributed by atoms with van der Waals surface area (Å²) in [7, 11) is 20.5. The highest BCUT2D eigenvalue weighted by atomic mass is 32.1. The fraction of sp³-hybridized carbons (Fsp3) is 0.370. The lowest BCUT2D eigenvalue weighted by molar-refractivity contribution is 0.0180. The molecule has 2 aliphatic rings. The highest BCUT2D eigenvalue weighted by Crippen LogP contribution is 2.46. The van der Waals surface area contributed by atoms with E-state index in [0.29, 0.717) is 29.3 Å². The normalized spacial score (nSPS) is 18.3. The first-order chi connectivity index (χ1) is 19.1. The Labute approximate surface area is 240 Å². The van der Waals surface area contributed by atoms with E-state index in [-0.39, 0.29) is 19.1 Å². The fourth-order valence-electron chi connectivity index (χ4n) is 5.47. The first-order valence-corrected chi connectivity index (χ1v) is 13.8. The summed E-state index contributed by atoms with van der Waals surface area (Å²) in [6.45, 7) is 2.77. The van der Waals surface area contributed by atoms with Crippen molar-refractivity contribution in [3.8, 4) is 39.7 Å². The van der Waals surface area contributed by atoms with Crippen LogP contribution in [0.1, 0.15) is 35.8 Å². The molecule has 1 unspecified atom stereocenters. The summed E-state index contributed by atoms with van der Waals surface area (Å²) in [5.41, 5.74) is 4.41. The molecule has 0 bridgehead atoms. The molecule has 13 heteroatoms. The molecule has 6 radical (unpaired) electrons. The molecular weight excluding hydrogens is 523 g/mol. The second kappa shape index (κ2) is 9.88. The number of rotatable bonds is 7. The summed E-state index contributed by atoms with van der Waals surface area (Å²) < 4.78 is 21.0. The largest absolute Gasteiger partial charge is 0.496 e. The third-order valence-corrected chi connectivity index (χ3v) is 8.15. The molecule has 40 heavy (non-hydrogen) atoms. The van der Waals surface area contributed by atoms with Crippen molar-refractivity contribution < 1.29 is 19.0 Å². The minimum absolute atomic E-state index is 0.0994. The van der Waals surface area contributed by atoms with E-state index in [4.69, 9.17) is 42.8 Å². The number of aryl methyl sites for hydroxylation is 1. The Morgan fingerprint density at radius 2 is 2.05 bits per heavy atom.